The summed E-state index contributed by atoms with van der Waals surface area (Å²) in [5.74, 6) is 0.159. The number of ether oxygens (including phenoxy) is 2. The van der Waals surface area contributed by atoms with Gasteiger partial charge in [-0.05, 0) is 0 Å². The highest BCUT2D eigenvalue weighted by Crippen LogP contribution is 2.03. The van der Waals surface area contributed by atoms with Gasteiger partial charge < -0.3 is 9.47 Å². The maximum Gasteiger partial charge on any atom is 0.345 e. The van der Waals surface area contributed by atoms with Crippen molar-refractivity contribution in [2.45, 2.75) is 6.61 Å². The summed E-state index contributed by atoms with van der Waals surface area (Å²) in [6.45, 7) is -3.09. The Morgan fingerprint density at radius 3 is 2.67 bits per heavy atom. The van der Waals surface area contributed by atoms with Crippen molar-refractivity contribution in [2.75, 3.05) is 13.2 Å². The lowest BCUT2D eigenvalue weighted by Gasteiger charge is -2.04. The molecule has 7 heteroatoms. The van der Waals surface area contributed by atoms with Crippen LogP contribution in [0.1, 0.15) is 5.69 Å². The van der Waals surface area contributed by atoms with Gasteiger partial charge in [0.1, 0.15) is 12.7 Å². The van der Waals surface area contributed by atoms with Crippen LogP contribution in [0.3, 0.4) is 0 Å². The number of hydrogen-bond donors (Lipinski definition) is 0. The second kappa shape index (κ2) is 5.82. The second-order valence-corrected chi connectivity index (χ2v) is 2.33. The number of nitriles is 1. The highest BCUT2D eigenvalue weighted by molar-refractivity contribution is 5.18. The third kappa shape index (κ3) is 4.28. The van der Waals surface area contributed by atoms with E-state index in [1.165, 1.54) is 12.4 Å². The standard InChI is InChI=1S/C8H7F2N3O2/c9-8(10)15-2-1-14-7-5-12-6(3-11)4-13-7/h4-5,8H,1-2H2. The Morgan fingerprint density at radius 2 is 2.13 bits per heavy atom. The molecule has 0 atom stereocenters. The minimum absolute atomic E-state index is 0.0507. The summed E-state index contributed by atoms with van der Waals surface area (Å²) in [6, 6.07) is 1.78. The number of hydrogen-bond acceptors (Lipinski definition) is 5. The SMILES string of the molecule is N#Cc1cnc(OCCOC(F)F)cn1. The minimum atomic E-state index is -2.80. The molecule has 1 rings (SSSR count). The molecule has 1 aromatic rings. The van der Waals surface area contributed by atoms with E-state index in [4.69, 9.17) is 10.00 Å². The minimum Gasteiger partial charge on any atom is -0.474 e. The zero-order chi connectivity index (χ0) is 11.1. The number of alkyl halides is 2. The highest BCUT2D eigenvalue weighted by Gasteiger charge is 2.01. The zero-order valence-corrected chi connectivity index (χ0v) is 7.56. The second-order valence-electron chi connectivity index (χ2n) is 2.33. The maximum absolute atomic E-state index is 11.5. The molecule has 0 radical (unpaired) electrons. The Balaban J connectivity index is 2.29. The molecule has 0 N–H and O–H groups in total. The fourth-order valence-corrected chi connectivity index (χ4v) is 0.732. The first-order valence-electron chi connectivity index (χ1n) is 3.97. The number of aromatic nitrogens is 2. The van der Waals surface area contributed by atoms with E-state index in [2.05, 4.69) is 14.7 Å². The van der Waals surface area contributed by atoms with Crippen LogP contribution in [0.5, 0.6) is 5.88 Å². The Hall–Kier alpha value is -1.81. The Bertz CT molecular complexity index is 337. The summed E-state index contributed by atoms with van der Waals surface area (Å²) >= 11 is 0. The van der Waals surface area contributed by atoms with Gasteiger partial charge in [-0.15, -0.1) is 0 Å². The van der Waals surface area contributed by atoms with Gasteiger partial charge in [0.25, 0.3) is 0 Å². The molecular weight excluding hydrogens is 208 g/mol. The molecule has 0 aliphatic carbocycles. The highest BCUT2D eigenvalue weighted by atomic mass is 19.3. The van der Waals surface area contributed by atoms with Crippen molar-refractivity contribution in [1.29, 1.82) is 5.26 Å². The number of nitrogens with zero attached hydrogens (tertiary/aromatic N) is 3. The number of halogens is 2. The summed E-state index contributed by atoms with van der Waals surface area (Å²) in [4.78, 5) is 7.39. The molecule has 1 aromatic heterocycles. The normalized spacial score (nSPS) is 10.0. The van der Waals surface area contributed by atoms with E-state index in [0.29, 0.717) is 0 Å². The van der Waals surface area contributed by atoms with E-state index in [-0.39, 0.29) is 24.8 Å². The van der Waals surface area contributed by atoms with Crippen LogP contribution in [-0.4, -0.2) is 29.8 Å². The van der Waals surface area contributed by atoms with Crippen molar-refractivity contribution in [1.82, 2.24) is 9.97 Å². The fourth-order valence-electron chi connectivity index (χ4n) is 0.732. The quantitative estimate of drug-likeness (QED) is 0.684. The van der Waals surface area contributed by atoms with E-state index >= 15 is 0 Å². The van der Waals surface area contributed by atoms with E-state index in [1.807, 2.05) is 0 Å². The van der Waals surface area contributed by atoms with Gasteiger partial charge in [0.15, 0.2) is 5.69 Å². The van der Waals surface area contributed by atoms with Gasteiger partial charge in [0, 0.05) is 0 Å². The fraction of sp³-hybridized carbons (Fsp3) is 0.375. The van der Waals surface area contributed by atoms with Crippen LogP contribution >= 0.6 is 0 Å². The first-order valence-corrected chi connectivity index (χ1v) is 3.97. The van der Waals surface area contributed by atoms with Crippen molar-refractivity contribution in [3.8, 4) is 11.9 Å². The lowest BCUT2D eigenvalue weighted by atomic mass is 10.5. The summed E-state index contributed by atoms with van der Waals surface area (Å²) in [5, 5.41) is 8.41. The summed E-state index contributed by atoms with van der Waals surface area (Å²) in [6.07, 6.45) is 2.46. The van der Waals surface area contributed by atoms with Crippen LogP contribution in [0.25, 0.3) is 0 Å². The first-order chi connectivity index (χ1) is 7.22. The van der Waals surface area contributed by atoms with Crippen molar-refractivity contribution in [3.05, 3.63) is 18.1 Å². The molecule has 0 aliphatic rings. The number of rotatable bonds is 5. The summed E-state index contributed by atoms with van der Waals surface area (Å²) in [5.41, 5.74) is 0.159. The lowest BCUT2D eigenvalue weighted by molar-refractivity contribution is -0.133. The maximum atomic E-state index is 11.5. The van der Waals surface area contributed by atoms with Crippen molar-refractivity contribution >= 4 is 0 Å². The van der Waals surface area contributed by atoms with Crippen LogP contribution < -0.4 is 4.74 Å². The van der Waals surface area contributed by atoms with Crippen LogP contribution in [-0.2, 0) is 4.74 Å². The molecule has 0 saturated heterocycles. The molecule has 0 spiro atoms. The third-order valence-electron chi connectivity index (χ3n) is 1.32. The molecule has 80 valence electrons. The van der Waals surface area contributed by atoms with E-state index in [9.17, 15) is 8.78 Å². The molecule has 0 aromatic carbocycles. The molecule has 0 unspecified atom stereocenters. The Labute approximate surface area is 84.3 Å². The topological polar surface area (TPSA) is 68.0 Å². The third-order valence-corrected chi connectivity index (χ3v) is 1.32. The molecule has 1 heterocycles. The van der Waals surface area contributed by atoms with Crippen LogP contribution in [0.15, 0.2) is 12.4 Å². The Kier molecular flexibility index (Phi) is 4.37. The smallest absolute Gasteiger partial charge is 0.345 e. The van der Waals surface area contributed by atoms with Gasteiger partial charge in [-0.3, -0.25) is 0 Å². The predicted octanol–water partition coefficient (Wildman–Crippen LogP) is 0.966. The van der Waals surface area contributed by atoms with Gasteiger partial charge >= 0.3 is 6.61 Å². The summed E-state index contributed by atoms with van der Waals surface area (Å²) < 4.78 is 31.9. The predicted molar refractivity (Wildman–Crippen MR) is 44.2 cm³/mol. The molecule has 15 heavy (non-hydrogen) atoms. The molecule has 0 amide bonds. The largest absolute Gasteiger partial charge is 0.474 e. The lowest BCUT2D eigenvalue weighted by Crippen LogP contribution is -2.10. The molecule has 0 saturated carbocycles. The van der Waals surface area contributed by atoms with Crippen molar-refractivity contribution in [3.63, 3.8) is 0 Å². The summed E-state index contributed by atoms with van der Waals surface area (Å²) in [7, 11) is 0. The molecule has 0 fully saturated rings. The van der Waals surface area contributed by atoms with Crippen LogP contribution in [0.2, 0.25) is 0 Å². The zero-order valence-electron chi connectivity index (χ0n) is 7.56. The van der Waals surface area contributed by atoms with Gasteiger partial charge in [0.05, 0.1) is 19.0 Å². The van der Waals surface area contributed by atoms with E-state index in [1.54, 1.807) is 6.07 Å². The Morgan fingerprint density at radius 1 is 1.33 bits per heavy atom. The van der Waals surface area contributed by atoms with Crippen molar-refractivity contribution < 1.29 is 18.3 Å². The molecule has 0 bridgehead atoms. The van der Waals surface area contributed by atoms with Gasteiger partial charge in [0.2, 0.25) is 5.88 Å². The molecule has 0 aliphatic heterocycles. The monoisotopic (exact) mass is 215 g/mol. The first kappa shape index (κ1) is 11.3. The van der Waals surface area contributed by atoms with Crippen molar-refractivity contribution in [2.24, 2.45) is 0 Å². The average Bonchev–Trinajstić information content (AvgIpc) is 2.25. The van der Waals surface area contributed by atoms with E-state index in [0.717, 1.165) is 0 Å². The van der Waals surface area contributed by atoms with Gasteiger partial charge in [-0.2, -0.15) is 14.0 Å². The average molecular weight is 215 g/mol. The molecule has 5 nitrogen and oxygen atoms in total. The van der Waals surface area contributed by atoms with Gasteiger partial charge in [-0.25, -0.2) is 9.97 Å². The van der Waals surface area contributed by atoms with Gasteiger partial charge in [-0.1, -0.05) is 0 Å². The van der Waals surface area contributed by atoms with E-state index < -0.39 is 6.61 Å². The van der Waals surface area contributed by atoms with Crippen LogP contribution in [0, 0.1) is 11.3 Å². The van der Waals surface area contributed by atoms with Crippen LogP contribution in [0.4, 0.5) is 8.78 Å². The molecular formula is C8H7F2N3O2.